The van der Waals surface area contributed by atoms with Gasteiger partial charge < -0.3 is 10.1 Å². The fraction of sp³-hybridized carbons (Fsp3) is 0.300. The summed E-state index contributed by atoms with van der Waals surface area (Å²) < 4.78 is 5.84. The largest absolute Gasteiger partial charge is 0.371 e. The summed E-state index contributed by atoms with van der Waals surface area (Å²) in [7, 11) is 0. The highest BCUT2D eigenvalue weighted by molar-refractivity contribution is 6.63. The monoisotopic (exact) mass is 440 g/mol. The lowest BCUT2D eigenvalue weighted by atomic mass is 10.1. The molecule has 0 saturated carbocycles. The summed E-state index contributed by atoms with van der Waals surface area (Å²) >= 11 is 17.6. The second-order valence-corrected chi connectivity index (χ2v) is 7.67. The first-order chi connectivity index (χ1) is 13.4. The molecule has 5 nitrogen and oxygen atoms in total. The van der Waals surface area contributed by atoms with Crippen LogP contribution in [0.1, 0.15) is 28.4 Å². The van der Waals surface area contributed by atoms with Gasteiger partial charge in [-0.3, -0.25) is 14.5 Å². The zero-order chi connectivity index (χ0) is 20.1. The summed E-state index contributed by atoms with van der Waals surface area (Å²) in [5.74, 6) is -0.366. The second-order valence-electron chi connectivity index (χ2n) is 6.44. The number of hydrogen-bond donors (Lipinski definition) is 1. The van der Waals surface area contributed by atoms with E-state index in [9.17, 15) is 9.59 Å². The van der Waals surface area contributed by atoms with Crippen molar-refractivity contribution in [3.05, 3.63) is 63.6 Å². The molecule has 1 atom stereocenters. The van der Waals surface area contributed by atoms with Crippen molar-refractivity contribution in [3.63, 3.8) is 0 Å². The van der Waals surface area contributed by atoms with Crippen LogP contribution in [-0.4, -0.2) is 42.3 Å². The molecule has 2 aromatic rings. The number of carbonyl (C=O) groups is 2. The minimum atomic E-state index is -0.366. The average molecular weight is 442 g/mol. The third kappa shape index (κ3) is 5.46. The molecule has 1 heterocycles. The summed E-state index contributed by atoms with van der Waals surface area (Å²) in [6.07, 6.45) is 0.228. The summed E-state index contributed by atoms with van der Waals surface area (Å²) in [5, 5.41) is 3.07. The molecule has 8 heteroatoms. The number of amides is 1. The first kappa shape index (κ1) is 21.1. The van der Waals surface area contributed by atoms with Crippen molar-refractivity contribution in [3.8, 4) is 0 Å². The van der Waals surface area contributed by atoms with Crippen molar-refractivity contribution in [2.75, 3.05) is 31.6 Å². The van der Waals surface area contributed by atoms with Crippen LogP contribution in [0.2, 0.25) is 10.0 Å². The lowest BCUT2D eigenvalue weighted by Gasteiger charge is -2.32. The van der Waals surface area contributed by atoms with Gasteiger partial charge in [0.2, 0.25) is 5.24 Å². The van der Waals surface area contributed by atoms with Crippen molar-refractivity contribution >= 4 is 51.6 Å². The van der Waals surface area contributed by atoms with E-state index in [1.165, 1.54) is 0 Å². The number of halogens is 3. The van der Waals surface area contributed by atoms with Gasteiger partial charge in [-0.15, -0.1) is 0 Å². The van der Waals surface area contributed by atoms with E-state index in [1.54, 1.807) is 18.2 Å². The van der Waals surface area contributed by atoms with Gasteiger partial charge in [-0.2, -0.15) is 0 Å². The maximum absolute atomic E-state index is 12.5. The van der Waals surface area contributed by atoms with Crippen LogP contribution in [0.15, 0.2) is 42.5 Å². The highest BCUT2D eigenvalue weighted by atomic mass is 35.5. The van der Waals surface area contributed by atoms with Gasteiger partial charge in [-0.25, -0.2) is 0 Å². The molecule has 2 aromatic carbocycles. The Kier molecular flexibility index (Phi) is 7.32. The van der Waals surface area contributed by atoms with Gasteiger partial charge in [0.05, 0.1) is 28.3 Å². The van der Waals surface area contributed by atoms with E-state index < -0.39 is 0 Å². The predicted octanol–water partition coefficient (Wildman–Crippen LogP) is 4.77. The normalized spacial score (nSPS) is 17.3. The molecular formula is C20H19Cl3N2O3. The fourth-order valence-corrected chi connectivity index (χ4v) is 3.70. The number of rotatable bonds is 6. The second kappa shape index (κ2) is 9.72. The van der Waals surface area contributed by atoms with Crippen LogP contribution in [-0.2, 0) is 9.53 Å². The van der Waals surface area contributed by atoms with Crippen LogP contribution in [0.3, 0.4) is 0 Å². The Labute approximate surface area is 178 Å². The van der Waals surface area contributed by atoms with E-state index in [0.717, 1.165) is 12.1 Å². The number of nitrogens with zero attached hydrogens (tertiary/aromatic N) is 1. The Hall–Kier alpha value is -1.63. The third-order valence-electron chi connectivity index (χ3n) is 4.51. The lowest BCUT2D eigenvalue weighted by Crippen LogP contribution is -2.39. The van der Waals surface area contributed by atoms with Gasteiger partial charge in [0, 0.05) is 31.7 Å². The number of nitrogens with one attached hydrogen (secondary N) is 1. The topological polar surface area (TPSA) is 58.6 Å². The van der Waals surface area contributed by atoms with Crippen LogP contribution in [0.5, 0.6) is 0 Å². The van der Waals surface area contributed by atoms with Gasteiger partial charge in [-0.05, 0) is 41.4 Å². The van der Waals surface area contributed by atoms with Crippen LogP contribution in [0.4, 0.5) is 5.69 Å². The van der Waals surface area contributed by atoms with Crippen molar-refractivity contribution in [1.29, 1.82) is 0 Å². The molecule has 0 spiro atoms. The fourth-order valence-electron chi connectivity index (χ4n) is 3.04. The molecule has 0 bridgehead atoms. The Morgan fingerprint density at radius 1 is 1.11 bits per heavy atom. The average Bonchev–Trinajstić information content (AvgIpc) is 2.67. The number of anilines is 1. The molecule has 3 rings (SSSR count). The maximum Gasteiger partial charge on any atom is 0.258 e. The predicted molar refractivity (Wildman–Crippen MR) is 111 cm³/mol. The number of hydrogen-bond acceptors (Lipinski definition) is 4. The molecule has 1 unspecified atom stereocenters. The van der Waals surface area contributed by atoms with Crippen molar-refractivity contribution in [2.24, 2.45) is 0 Å². The van der Waals surface area contributed by atoms with Crippen LogP contribution >= 0.6 is 34.8 Å². The molecule has 148 valence electrons. The Morgan fingerprint density at radius 3 is 2.43 bits per heavy atom. The maximum atomic E-state index is 12.5. The molecule has 0 aromatic heterocycles. The molecule has 1 aliphatic rings. The van der Waals surface area contributed by atoms with E-state index in [-0.39, 0.29) is 22.8 Å². The highest BCUT2D eigenvalue weighted by Gasteiger charge is 2.22. The molecular weight excluding hydrogens is 423 g/mol. The van der Waals surface area contributed by atoms with E-state index in [1.807, 2.05) is 24.3 Å². The van der Waals surface area contributed by atoms with Gasteiger partial charge >= 0.3 is 0 Å². The van der Waals surface area contributed by atoms with Gasteiger partial charge in [0.1, 0.15) is 0 Å². The number of morpholine rings is 1. The zero-order valence-corrected chi connectivity index (χ0v) is 17.2. The molecule has 0 radical (unpaired) electrons. The number of benzene rings is 2. The van der Waals surface area contributed by atoms with Crippen molar-refractivity contribution < 1.29 is 14.3 Å². The zero-order valence-electron chi connectivity index (χ0n) is 15.0. The molecule has 1 amide bonds. The lowest BCUT2D eigenvalue weighted by molar-refractivity contribution is -0.112. The highest BCUT2D eigenvalue weighted by Crippen LogP contribution is 2.27. The van der Waals surface area contributed by atoms with Crippen molar-refractivity contribution in [2.45, 2.75) is 12.5 Å². The molecule has 28 heavy (non-hydrogen) atoms. The Balaban J connectivity index is 1.63. The van der Waals surface area contributed by atoms with Gasteiger partial charge in [-0.1, -0.05) is 41.4 Å². The van der Waals surface area contributed by atoms with E-state index in [4.69, 9.17) is 39.5 Å². The summed E-state index contributed by atoms with van der Waals surface area (Å²) in [4.78, 5) is 25.6. The van der Waals surface area contributed by atoms with E-state index >= 15 is 0 Å². The Bertz CT molecular complexity index is 838. The molecule has 1 N–H and O–H groups in total. The van der Waals surface area contributed by atoms with Crippen LogP contribution in [0.25, 0.3) is 0 Å². The van der Waals surface area contributed by atoms with Crippen LogP contribution in [0, 0.1) is 0 Å². The molecule has 1 saturated heterocycles. The molecule has 0 aliphatic carbocycles. The third-order valence-corrected chi connectivity index (χ3v) is 5.32. The minimum absolute atomic E-state index is 0.0954. The van der Waals surface area contributed by atoms with Crippen LogP contribution < -0.4 is 5.32 Å². The summed E-state index contributed by atoms with van der Waals surface area (Å²) in [6, 6.07) is 12.4. The first-order valence-electron chi connectivity index (χ1n) is 8.81. The van der Waals surface area contributed by atoms with Gasteiger partial charge in [0.25, 0.3) is 5.91 Å². The molecule has 1 aliphatic heterocycles. The van der Waals surface area contributed by atoms with Crippen molar-refractivity contribution in [1.82, 2.24) is 4.90 Å². The Morgan fingerprint density at radius 2 is 1.79 bits per heavy atom. The SMILES string of the molecule is O=C(Cl)CCN1CCOC(c2ccc(NC(=O)c3c(Cl)cccc3Cl)cc2)C1. The van der Waals surface area contributed by atoms with E-state index in [0.29, 0.717) is 41.8 Å². The summed E-state index contributed by atoms with van der Waals surface area (Å²) in [6.45, 7) is 2.66. The van der Waals surface area contributed by atoms with Gasteiger partial charge in [0.15, 0.2) is 0 Å². The smallest absolute Gasteiger partial charge is 0.258 e. The van der Waals surface area contributed by atoms with E-state index in [2.05, 4.69) is 10.2 Å². The minimum Gasteiger partial charge on any atom is -0.371 e. The quantitative estimate of drug-likeness (QED) is 0.656. The summed E-state index contributed by atoms with van der Waals surface area (Å²) in [5.41, 5.74) is 1.87. The molecule has 1 fully saturated rings. The number of carbonyl (C=O) groups excluding carboxylic acids is 2. The first-order valence-corrected chi connectivity index (χ1v) is 9.95. The standard InChI is InChI=1S/C20H19Cl3N2O3/c21-15-2-1-3-16(22)19(15)20(27)24-14-6-4-13(5-7-14)17-12-25(10-11-28-17)9-8-18(23)26/h1-7,17H,8-12H2,(H,24,27). The number of ether oxygens (including phenoxy) is 1.